The highest BCUT2D eigenvalue weighted by Crippen LogP contribution is 2.48. The van der Waals surface area contributed by atoms with E-state index >= 15 is 0 Å². The van der Waals surface area contributed by atoms with Crippen LogP contribution in [0, 0.1) is 37.5 Å². The molecule has 4 unspecified atom stereocenters. The fourth-order valence-electron chi connectivity index (χ4n) is 13.9. The van der Waals surface area contributed by atoms with Crippen LogP contribution in [0.2, 0.25) is 12.1 Å². The Labute approximate surface area is 492 Å². The summed E-state index contributed by atoms with van der Waals surface area (Å²) in [5, 5.41) is 6.00. The fourth-order valence-corrected chi connectivity index (χ4v) is 23.3. The van der Waals surface area contributed by atoms with Crippen LogP contribution in [0.4, 0.5) is 0 Å². The molecule has 0 bridgehead atoms. The molecule has 7 heteroatoms. The third-order valence-electron chi connectivity index (χ3n) is 19.3. The van der Waals surface area contributed by atoms with Gasteiger partial charge >= 0.3 is 0 Å². The Morgan fingerprint density at radius 1 is 0.380 bits per heavy atom. The molecule has 0 radical (unpaired) electrons. The van der Waals surface area contributed by atoms with Gasteiger partial charge in [-0.2, -0.15) is 0 Å². The molecule has 4 nitrogen and oxygen atoms in total. The number of hydrogen-bond acceptors (Lipinski definition) is 6. The number of unbranched alkanes of at least 4 members (excludes halogenated alkanes) is 14. The van der Waals surface area contributed by atoms with Crippen molar-refractivity contribution in [2.75, 3.05) is 0 Å². The Hall–Kier alpha value is -3.00. The largest absolute Gasteiger partial charge is 0.249 e. The smallest absolute Gasteiger partial charge is 0.122 e. The molecule has 1 aliphatic rings. The quantitative estimate of drug-likeness (QED) is 0.0219. The Bertz CT molecular complexity index is 2790. The molecular formula is C72H112N4S2Si. The van der Waals surface area contributed by atoms with Gasteiger partial charge in [-0.05, 0) is 115 Å². The number of nitrogens with zero attached hydrogens (tertiary/aromatic N) is 4. The van der Waals surface area contributed by atoms with Crippen molar-refractivity contribution in [3.8, 4) is 20.2 Å². The zero-order valence-corrected chi connectivity index (χ0v) is 55.4. The summed E-state index contributed by atoms with van der Waals surface area (Å²) in [5.74, 6) is 2.46. The van der Waals surface area contributed by atoms with Crippen molar-refractivity contribution >= 4 is 74.0 Å². The van der Waals surface area contributed by atoms with Gasteiger partial charge in [0.15, 0.2) is 0 Å². The molecule has 0 saturated heterocycles. The van der Waals surface area contributed by atoms with Gasteiger partial charge in [-0.3, -0.25) is 0 Å². The maximum absolute atomic E-state index is 6.11. The molecule has 0 saturated carbocycles. The molecule has 1 aliphatic heterocycles. The summed E-state index contributed by atoms with van der Waals surface area (Å²) in [7, 11) is -2.07. The summed E-state index contributed by atoms with van der Waals surface area (Å²) in [4.78, 5) is 30.2. The first-order valence-corrected chi connectivity index (χ1v) is 37.8. The minimum absolute atomic E-state index is 0.605. The Morgan fingerprint density at radius 2 is 0.747 bits per heavy atom. The maximum atomic E-state index is 6.11. The van der Waals surface area contributed by atoms with Gasteiger partial charge in [-0.25, -0.2) is 19.9 Å². The van der Waals surface area contributed by atoms with Crippen LogP contribution in [0.25, 0.3) is 53.0 Å². The van der Waals surface area contributed by atoms with Crippen molar-refractivity contribution in [2.24, 2.45) is 23.7 Å². The molecule has 4 atom stereocenters. The molecular weight excluding hydrogens is 1010 g/mol. The van der Waals surface area contributed by atoms with Gasteiger partial charge in [0.1, 0.15) is 8.07 Å². The number of hydrogen-bond donors (Lipinski definition) is 0. The van der Waals surface area contributed by atoms with Gasteiger partial charge in [0.05, 0.1) is 44.8 Å². The molecule has 0 fully saturated rings. The van der Waals surface area contributed by atoms with E-state index in [1.165, 1.54) is 246 Å². The van der Waals surface area contributed by atoms with Crippen LogP contribution in [0.5, 0.6) is 0 Å². The number of aromatic nitrogens is 4. The standard InChI is InChI=1S/C72H112N4S2Si/c1-13-23-29-31-33-35-41-79(42-36-34-32-30-24-14-2)65-44-52(12)77-71(65)72-66(79)50-64(78-72)59-49-58-57(69-70(59)76-63(48-56(22-10)40-28-18-6)62(75-69)47-55(21-9)39-27-17-5)43-51(11)67-68(58)74-61(46-54(20-8)38-26-16-4)60(73-67)45-53(19-7)37-25-15-3/h43-44,49-50,53-56H,13-42,45-48H2,1-12H3. The van der Waals surface area contributed by atoms with Crippen LogP contribution in [-0.2, 0) is 25.7 Å². The highest BCUT2D eigenvalue weighted by Gasteiger charge is 2.47. The van der Waals surface area contributed by atoms with E-state index in [0.717, 1.165) is 47.8 Å². The molecule has 436 valence electrons. The lowest BCUT2D eigenvalue weighted by Gasteiger charge is -2.29. The average molecular weight is 1130 g/mol. The zero-order valence-electron chi connectivity index (χ0n) is 52.8. The van der Waals surface area contributed by atoms with Gasteiger partial charge in [-0.1, -0.05) is 249 Å². The van der Waals surface area contributed by atoms with Crippen molar-refractivity contribution < 1.29 is 0 Å². The fraction of sp³-hybridized carbons (Fsp3) is 0.694. The molecule has 0 spiro atoms. The van der Waals surface area contributed by atoms with Crippen molar-refractivity contribution in [2.45, 2.75) is 301 Å². The number of benzene rings is 2. The highest BCUT2D eigenvalue weighted by atomic mass is 32.1. The van der Waals surface area contributed by atoms with Crippen molar-refractivity contribution in [3.63, 3.8) is 0 Å². The molecule has 4 aromatic heterocycles. The lowest BCUT2D eigenvalue weighted by atomic mass is 9.89. The summed E-state index contributed by atoms with van der Waals surface area (Å²) in [6.45, 7) is 28.4. The van der Waals surface area contributed by atoms with Crippen LogP contribution >= 0.6 is 22.7 Å². The van der Waals surface area contributed by atoms with Crippen molar-refractivity contribution in [3.05, 3.63) is 57.5 Å². The molecule has 7 rings (SSSR count). The van der Waals surface area contributed by atoms with E-state index in [2.05, 4.69) is 130 Å². The summed E-state index contributed by atoms with van der Waals surface area (Å²) in [5.41, 5.74) is 12.0. The van der Waals surface area contributed by atoms with Crippen LogP contribution < -0.4 is 10.4 Å². The predicted molar refractivity (Wildman–Crippen MR) is 356 cm³/mol. The number of fused-ring (bicyclic) bond motifs is 8. The third kappa shape index (κ3) is 15.8. The highest BCUT2D eigenvalue weighted by molar-refractivity contribution is 7.30. The zero-order chi connectivity index (χ0) is 56.3. The third-order valence-corrected chi connectivity index (χ3v) is 27.3. The predicted octanol–water partition coefficient (Wildman–Crippen LogP) is 22.4. The van der Waals surface area contributed by atoms with Crippen LogP contribution in [0.1, 0.15) is 282 Å². The number of rotatable bonds is 39. The summed E-state index contributed by atoms with van der Waals surface area (Å²) in [6.07, 6.45) is 40.2. The Kier molecular flexibility index (Phi) is 25.9. The number of aryl methyl sites for hydroxylation is 2. The van der Waals surface area contributed by atoms with E-state index in [1.54, 1.807) is 20.1 Å². The van der Waals surface area contributed by atoms with Crippen molar-refractivity contribution in [1.82, 2.24) is 19.9 Å². The minimum atomic E-state index is -2.07. The van der Waals surface area contributed by atoms with Gasteiger partial charge in [0.25, 0.3) is 0 Å². The first kappa shape index (κ1) is 63.6. The Balaban J connectivity index is 1.53. The minimum Gasteiger partial charge on any atom is -0.249 e. The van der Waals surface area contributed by atoms with E-state index in [-0.39, 0.29) is 0 Å². The Morgan fingerprint density at radius 3 is 1.19 bits per heavy atom. The maximum Gasteiger partial charge on any atom is 0.122 e. The second-order valence-electron chi connectivity index (χ2n) is 25.4. The van der Waals surface area contributed by atoms with E-state index in [1.807, 2.05) is 0 Å². The number of thiophene rings is 2. The summed E-state index contributed by atoms with van der Waals surface area (Å²) in [6, 6.07) is 13.3. The van der Waals surface area contributed by atoms with Crippen molar-refractivity contribution in [1.29, 1.82) is 0 Å². The van der Waals surface area contributed by atoms with Gasteiger partial charge < -0.3 is 0 Å². The first-order chi connectivity index (χ1) is 38.5. The van der Waals surface area contributed by atoms with E-state index < -0.39 is 8.07 Å². The first-order valence-electron chi connectivity index (χ1n) is 33.8. The molecule has 2 aromatic carbocycles. The topological polar surface area (TPSA) is 51.6 Å². The molecule has 5 heterocycles. The molecule has 6 aromatic rings. The molecule has 79 heavy (non-hydrogen) atoms. The van der Waals surface area contributed by atoms with E-state index in [4.69, 9.17) is 19.9 Å². The SMILES string of the molecule is CCCCCCCC[Si]1(CCCCCCCC)c2cc(C)sc2-c2sc(-c3cc4c(cc(C)c5nc(CC(CC)CCCC)c(CC(CC)CCCC)nc54)c4nc(CC(CC)CCCC)c(CC(CC)CCCC)nc34)cc21. The molecule has 0 N–H and O–H groups in total. The van der Waals surface area contributed by atoms with Crippen LogP contribution in [-0.4, -0.2) is 28.0 Å². The van der Waals surface area contributed by atoms with Gasteiger partial charge in [0, 0.05) is 35.8 Å². The molecule has 0 aliphatic carbocycles. The van der Waals surface area contributed by atoms with E-state index in [0.29, 0.717) is 23.7 Å². The summed E-state index contributed by atoms with van der Waals surface area (Å²) < 4.78 is 0. The second-order valence-corrected chi connectivity index (χ2v) is 31.9. The lowest BCUT2D eigenvalue weighted by molar-refractivity contribution is 0.427. The normalized spacial score (nSPS) is 14.7. The average Bonchev–Trinajstić information content (AvgIpc) is 3.26. The van der Waals surface area contributed by atoms with E-state index in [9.17, 15) is 0 Å². The van der Waals surface area contributed by atoms with Gasteiger partial charge in [-0.15, -0.1) is 22.7 Å². The monoisotopic (exact) mass is 1120 g/mol. The van der Waals surface area contributed by atoms with Gasteiger partial charge in [0.2, 0.25) is 0 Å². The van der Waals surface area contributed by atoms with Crippen LogP contribution in [0.3, 0.4) is 0 Å². The summed E-state index contributed by atoms with van der Waals surface area (Å²) >= 11 is 4.21. The molecule has 0 amide bonds. The lowest BCUT2D eigenvalue weighted by Crippen LogP contribution is -2.54. The second kappa shape index (κ2) is 32.2. The van der Waals surface area contributed by atoms with Crippen LogP contribution in [0.15, 0.2) is 24.3 Å².